The number of terminal acetylenes is 1. The van der Waals surface area contributed by atoms with Crippen LogP contribution in [0.2, 0.25) is 0 Å². The molecule has 1 aliphatic carbocycles. The SMILES string of the molecule is C#Cc1cc(NC(=O)c2cnn(C3CCCC4C(=O)NCCC43)c2C(F)(F)F)c(C)nc1-n1nccn1. The highest BCUT2D eigenvalue weighted by atomic mass is 19.4. The zero-order chi connectivity index (χ0) is 26.3. The molecule has 1 aliphatic heterocycles. The molecule has 0 spiro atoms. The Labute approximate surface area is 209 Å². The molecule has 3 atom stereocenters. The highest BCUT2D eigenvalue weighted by Gasteiger charge is 2.46. The van der Waals surface area contributed by atoms with Gasteiger partial charge in [-0.25, -0.2) is 4.98 Å². The van der Waals surface area contributed by atoms with E-state index in [4.69, 9.17) is 6.42 Å². The molecule has 0 bridgehead atoms. The topological polar surface area (TPSA) is 120 Å². The Morgan fingerprint density at radius 3 is 2.68 bits per heavy atom. The van der Waals surface area contributed by atoms with Crippen LogP contribution in [0.25, 0.3) is 5.82 Å². The minimum absolute atomic E-state index is 0.138. The van der Waals surface area contributed by atoms with Gasteiger partial charge in [-0.2, -0.15) is 28.5 Å². The fraction of sp³-hybridized carbons (Fsp3) is 0.417. The summed E-state index contributed by atoms with van der Waals surface area (Å²) in [6.07, 6.45) is 6.76. The van der Waals surface area contributed by atoms with Crippen molar-refractivity contribution in [3.63, 3.8) is 0 Å². The first kappa shape index (κ1) is 24.5. The van der Waals surface area contributed by atoms with Gasteiger partial charge in [0.05, 0.1) is 47.1 Å². The molecule has 3 unspecified atom stereocenters. The number of rotatable bonds is 4. The van der Waals surface area contributed by atoms with Crippen molar-refractivity contribution in [2.45, 2.75) is 44.8 Å². The number of piperidine rings is 1. The van der Waals surface area contributed by atoms with Gasteiger partial charge >= 0.3 is 6.18 Å². The second-order valence-corrected chi connectivity index (χ2v) is 9.11. The van der Waals surface area contributed by atoms with Crippen LogP contribution in [0, 0.1) is 31.1 Å². The van der Waals surface area contributed by atoms with E-state index < -0.39 is 29.4 Å². The molecule has 37 heavy (non-hydrogen) atoms. The summed E-state index contributed by atoms with van der Waals surface area (Å²) in [6.45, 7) is 1.98. The molecule has 0 aromatic carbocycles. The van der Waals surface area contributed by atoms with Gasteiger partial charge in [0.1, 0.15) is 0 Å². The summed E-state index contributed by atoms with van der Waals surface area (Å²) in [6, 6.07) is 0.795. The van der Waals surface area contributed by atoms with Crippen molar-refractivity contribution in [1.29, 1.82) is 0 Å². The minimum Gasteiger partial charge on any atom is -0.356 e. The maximum absolute atomic E-state index is 14.3. The quantitative estimate of drug-likeness (QED) is 0.519. The molecular weight excluding hydrogens is 489 g/mol. The first-order chi connectivity index (χ1) is 17.7. The van der Waals surface area contributed by atoms with Crippen molar-refractivity contribution in [3.05, 3.63) is 47.2 Å². The lowest BCUT2D eigenvalue weighted by Crippen LogP contribution is -2.47. The second-order valence-electron chi connectivity index (χ2n) is 9.11. The summed E-state index contributed by atoms with van der Waals surface area (Å²) in [5.74, 6) is 0.894. The van der Waals surface area contributed by atoms with Gasteiger partial charge in [0.25, 0.3) is 5.91 Å². The van der Waals surface area contributed by atoms with Gasteiger partial charge in [-0.1, -0.05) is 12.3 Å². The van der Waals surface area contributed by atoms with Crippen LogP contribution in [-0.4, -0.2) is 48.1 Å². The van der Waals surface area contributed by atoms with Gasteiger partial charge in [-0.05, 0) is 38.2 Å². The van der Waals surface area contributed by atoms with Crippen molar-refractivity contribution >= 4 is 17.5 Å². The van der Waals surface area contributed by atoms with Gasteiger partial charge in [-0.3, -0.25) is 14.3 Å². The standard InChI is InChI=1S/C24H23F3N8O2/c1-3-14-11-18(13(2)32-21(14)35-29-9-10-30-35)33-23(37)17-12-31-34(20(17)24(25,26)27)19-6-4-5-16-15(19)7-8-28-22(16)36/h1,9-12,15-16,19H,4-8H2,2H3,(H,28,36)(H,33,37). The van der Waals surface area contributed by atoms with Gasteiger partial charge in [0, 0.05) is 12.5 Å². The van der Waals surface area contributed by atoms with E-state index in [-0.39, 0.29) is 34.8 Å². The Hall–Kier alpha value is -4.21. The number of amides is 2. The highest BCUT2D eigenvalue weighted by molar-refractivity contribution is 6.05. The number of aryl methyl sites for hydroxylation is 1. The Morgan fingerprint density at radius 2 is 1.97 bits per heavy atom. The number of hydrogen-bond donors (Lipinski definition) is 2. The van der Waals surface area contributed by atoms with Crippen LogP contribution >= 0.6 is 0 Å². The average Bonchev–Trinajstić information content (AvgIpc) is 3.55. The first-order valence-electron chi connectivity index (χ1n) is 11.8. The molecule has 5 rings (SSSR count). The van der Waals surface area contributed by atoms with Gasteiger partial charge < -0.3 is 10.6 Å². The number of alkyl halides is 3. The fourth-order valence-electron chi connectivity index (χ4n) is 5.31. The van der Waals surface area contributed by atoms with Crippen molar-refractivity contribution in [2.75, 3.05) is 11.9 Å². The number of nitrogens with zero attached hydrogens (tertiary/aromatic N) is 6. The predicted molar refractivity (Wildman–Crippen MR) is 125 cm³/mol. The first-order valence-corrected chi connectivity index (χ1v) is 11.8. The number of hydrogen-bond acceptors (Lipinski definition) is 6. The van der Waals surface area contributed by atoms with Gasteiger partial charge in [0.2, 0.25) is 5.91 Å². The lowest BCUT2D eigenvalue weighted by molar-refractivity contribution is -0.147. The number of carbonyl (C=O) groups excluding carboxylic acids is 2. The molecule has 1 saturated carbocycles. The summed E-state index contributed by atoms with van der Waals surface area (Å²) in [4.78, 5) is 31.0. The normalized spacial score (nSPS) is 21.6. The van der Waals surface area contributed by atoms with Crippen LogP contribution in [0.3, 0.4) is 0 Å². The Bertz CT molecular complexity index is 1390. The summed E-state index contributed by atoms with van der Waals surface area (Å²) in [7, 11) is 0. The summed E-state index contributed by atoms with van der Waals surface area (Å²) in [5.41, 5.74) is -1.05. The molecule has 10 nitrogen and oxygen atoms in total. The number of nitrogens with one attached hydrogen (secondary N) is 2. The van der Waals surface area contributed by atoms with Crippen LogP contribution in [0.15, 0.2) is 24.7 Å². The van der Waals surface area contributed by atoms with Crippen molar-refractivity contribution in [3.8, 4) is 18.2 Å². The molecule has 1 saturated heterocycles. The van der Waals surface area contributed by atoms with Crippen LogP contribution < -0.4 is 10.6 Å². The third-order valence-corrected chi connectivity index (χ3v) is 6.97. The second kappa shape index (κ2) is 9.34. The molecule has 3 aromatic rings. The number of halogens is 3. The van der Waals surface area contributed by atoms with E-state index in [1.54, 1.807) is 6.92 Å². The molecule has 0 radical (unpaired) electrons. The lowest BCUT2D eigenvalue weighted by atomic mass is 9.72. The Balaban J connectivity index is 1.49. The van der Waals surface area contributed by atoms with E-state index >= 15 is 0 Å². The Kier molecular flexibility index (Phi) is 6.18. The smallest absolute Gasteiger partial charge is 0.356 e. The molecule has 2 aliphatic rings. The van der Waals surface area contributed by atoms with E-state index in [2.05, 4.69) is 36.8 Å². The van der Waals surface area contributed by atoms with Crippen LogP contribution in [0.5, 0.6) is 0 Å². The van der Waals surface area contributed by atoms with Crippen molar-refractivity contribution < 1.29 is 22.8 Å². The van der Waals surface area contributed by atoms with Crippen molar-refractivity contribution in [1.82, 2.24) is 35.1 Å². The Morgan fingerprint density at radius 1 is 1.22 bits per heavy atom. The molecule has 3 aromatic heterocycles. The van der Waals surface area contributed by atoms with Crippen LogP contribution in [0.4, 0.5) is 18.9 Å². The van der Waals surface area contributed by atoms with E-state index in [0.29, 0.717) is 37.9 Å². The third-order valence-electron chi connectivity index (χ3n) is 6.97. The number of fused-ring (bicyclic) bond motifs is 1. The van der Waals surface area contributed by atoms with E-state index in [1.807, 2.05) is 0 Å². The van der Waals surface area contributed by atoms with Crippen LogP contribution in [-0.2, 0) is 11.0 Å². The third kappa shape index (κ3) is 4.43. The fourth-order valence-corrected chi connectivity index (χ4v) is 5.31. The summed E-state index contributed by atoms with van der Waals surface area (Å²) < 4.78 is 43.9. The molecule has 2 fully saturated rings. The molecule has 13 heteroatoms. The number of pyridine rings is 1. The minimum atomic E-state index is -4.85. The van der Waals surface area contributed by atoms with Gasteiger partial charge in [-0.15, -0.1) is 11.2 Å². The molecule has 2 amide bonds. The average molecular weight is 512 g/mol. The van der Waals surface area contributed by atoms with E-state index in [1.165, 1.54) is 23.3 Å². The predicted octanol–water partition coefficient (Wildman–Crippen LogP) is 2.90. The van der Waals surface area contributed by atoms with Gasteiger partial charge in [0.15, 0.2) is 11.5 Å². The number of anilines is 1. The zero-order valence-corrected chi connectivity index (χ0v) is 19.8. The molecule has 4 heterocycles. The van der Waals surface area contributed by atoms with Crippen molar-refractivity contribution in [2.24, 2.45) is 11.8 Å². The summed E-state index contributed by atoms with van der Waals surface area (Å²) in [5, 5.41) is 17.3. The highest BCUT2D eigenvalue weighted by Crippen LogP contribution is 2.44. The van der Waals surface area contributed by atoms with E-state index in [0.717, 1.165) is 10.9 Å². The summed E-state index contributed by atoms with van der Waals surface area (Å²) >= 11 is 0. The largest absolute Gasteiger partial charge is 0.433 e. The molecule has 192 valence electrons. The van der Waals surface area contributed by atoms with Crippen LogP contribution in [0.1, 0.15) is 59.0 Å². The number of carbonyl (C=O) groups is 2. The van der Waals surface area contributed by atoms with E-state index in [9.17, 15) is 22.8 Å². The molecule has 2 N–H and O–H groups in total. The maximum atomic E-state index is 14.3. The zero-order valence-electron chi connectivity index (χ0n) is 19.8. The monoisotopic (exact) mass is 512 g/mol. The lowest BCUT2D eigenvalue weighted by Gasteiger charge is -2.41. The molecular formula is C24H23F3N8O2. The maximum Gasteiger partial charge on any atom is 0.433 e. The number of aromatic nitrogens is 6.